The fraction of sp³-hybridized carbons (Fsp3) is 0.917. The van der Waals surface area contributed by atoms with Gasteiger partial charge in [-0.2, -0.15) is 0 Å². The maximum Gasteiger partial charge on any atom is 0.220 e. The molecule has 0 spiro atoms. The van der Waals surface area contributed by atoms with Crippen molar-refractivity contribution in [3.63, 3.8) is 0 Å². The Labute approximate surface area is 101 Å². The summed E-state index contributed by atoms with van der Waals surface area (Å²) in [7, 11) is 0. The quantitative estimate of drug-likeness (QED) is 0.535. The Morgan fingerprint density at radius 3 is 2.67 bits per heavy atom. The third-order valence-electron chi connectivity index (χ3n) is 3.25. The van der Waals surface area contributed by atoms with Gasteiger partial charge in [0, 0.05) is 18.3 Å². The van der Waals surface area contributed by atoms with Crippen LogP contribution in [0.1, 0.15) is 51.9 Å². The summed E-state index contributed by atoms with van der Waals surface area (Å²) in [4.78, 5) is 11.5. The second-order valence-electron chi connectivity index (χ2n) is 4.67. The summed E-state index contributed by atoms with van der Waals surface area (Å²) in [5.74, 6) is 0.240. The van der Waals surface area contributed by atoms with E-state index in [9.17, 15) is 4.79 Å². The first-order valence-corrected chi connectivity index (χ1v) is 7.17. The van der Waals surface area contributed by atoms with Gasteiger partial charge in [0.15, 0.2) is 0 Å². The van der Waals surface area contributed by atoms with Crippen molar-refractivity contribution in [2.24, 2.45) is 5.41 Å². The first-order valence-electron chi connectivity index (χ1n) is 6.05. The second kappa shape index (κ2) is 6.51. The molecule has 0 aliphatic heterocycles. The van der Waals surface area contributed by atoms with Crippen LogP contribution in [0.3, 0.4) is 0 Å². The zero-order valence-electron chi connectivity index (χ0n) is 9.65. The minimum absolute atomic E-state index is 0.240. The number of hydrogen-bond donors (Lipinski definition) is 1. The van der Waals surface area contributed by atoms with Crippen molar-refractivity contribution in [3.8, 4) is 0 Å². The van der Waals surface area contributed by atoms with Gasteiger partial charge in [-0.15, -0.1) is 0 Å². The van der Waals surface area contributed by atoms with Crippen LogP contribution in [-0.2, 0) is 4.79 Å². The van der Waals surface area contributed by atoms with Crippen LogP contribution < -0.4 is 5.32 Å². The van der Waals surface area contributed by atoms with Crippen LogP contribution in [0.5, 0.6) is 0 Å². The molecule has 15 heavy (non-hydrogen) atoms. The number of amides is 1. The average molecular weight is 276 g/mol. The topological polar surface area (TPSA) is 29.1 Å². The summed E-state index contributed by atoms with van der Waals surface area (Å²) >= 11 is 3.47. The molecule has 2 nitrogen and oxygen atoms in total. The third kappa shape index (κ3) is 5.01. The van der Waals surface area contributed by atoms with Gasteiger partial charge >= 0.3 is 0 Å². The highest BCUT2D eigenvalue weighted by molar-refractivity contribution is 9.09. The van der Waals surface area contributed by atoms with Crippen molar-refractivity contribution in [2.45, 2.75) is 51.9 Å². The number of carbonyl (C=O) groups is 1. The average Bonchev–Trinajstić information content (AvgIpc) is 2.97. The lowest BCUT2D eigenvalue weighted by Gasteiger charge is -2.14. The Bertz CT molecular complexity index is 202. The van der Waals surface area contributed by atoms with E-state index in [1.807, 2.05) is 0 Å². The van der Waals surface area contributed by atoms with Crippen LogP contribution in [0.2, 0.25) is 0 Å². The van der Waals surface area contributed by atoms with Crippen molar-refractivity contribution in [1.82, 2.24) is 5.32 Å². The lowest BCUT2D eigenvalue weighted by Crippen LogP contribution is -2.30. The maximum atomic E-state index is 11.5. The second-order valence-corrected chi connectivity index (χ2v) is 5.47. The van der Waals surface area contributed by atoms with Crippen LogP contribution in [0.4, 0.5) is 0 Å². The standard InChI is InChI=1S/C12H22BrNO/c1-2-3-4-5-11(15)14-10-12(6-7-12)8-9-13/h2-10H2,1H3,(H,14,15). The van der Waals surface area contributed by atoms with E-state index < -0.39 is 0 Å². The number of hydrogen-bond acceptors (Lipinski definition) is 1. The van der Waals surface area contributed by atoms with E-state index in [4.69, 9.17) is 0 Å². The van der Waals surface area contributed by atoms with E-state index in [0.717, 1.165) is 18.3 Å². The molecule has 1 aliphatic carbocycles. The Morgan fingerprint density at radius 2 is 2.13 bits per heavy atom. The maximum absolute atomic E-state index is 11.5. The molecule has 0 saturated heterocycles. The third-order valence-corrected chi connectivity index (χ3v) is 3.65. The Balaban J connectivity index is 2.06. The molecule has 0 heterocycles. The minimum atomic E-state index is 0.240. The summed E-state index contributed by atoms with van der Waals surface area (Å²) in [6.45, 7) is 3.05. The van der Waals surface area contributed by atoms with Crippen molar-refractivity contribution in [1.29, 1.82) is 0 Å². The molecule has 3 heteroatoms. The number of rotatable bonds is 8. The summed E-state index contributed by atoms with van der Waals surface area (Å²) < 4.78 is 0. The molecule has 0 bridgehead atoms. The molecule has 1 aliphatic rings. The van der Waals surface area contributed by atoms with E-state index in [1.165, 1.54) is 32.1 Å². The van der Waals surface area contributed by atoms with E-state index in [1.54, 1.807) is 0 Å². The van der Waals surface area contributed by atoms with Crippen molar-refractivity contribution >= 4 is 21.8 Å². The van der Waals surface area contributed by atoms with Gasteiger partial charge in [-0.1, -0.05) is 35.7 Å². The van der Waals surface area contributed by atoms with Crippen LogP contribution in [0.15, 0.2) is 0 Å². The molecule has 88 valence electrons. The molecule has 1 fully saturated rings. The summed E-state index contributed by atoms with van der Waals surface area (Å²) in [6, 6.07) is 0. The molecule has 1 N–H and O–H groups in total. The van der Waals surface area contributed by atoms with Crippen LogP contribution in [-0.4, -0.2) is 17.8 Å². The highest BCUT2D eigenvalue weighted by atomic mass is 79.9. The van der Waals surface area contributed by atoms with E-state index in [-0.39, 0.29) is 5.91 Å². The predicted molar refractivity (Wildman–Crippen MR) is 67.2 cm³/mol. The first-order chi connectivity index (χ1) is 7.22. The molecule has 1 amide bonds. The summed E-state index contributed by atoms with van der Waals surface area (Å²) in [5, 5.41) is 4.12. The van der Waals surface area contributed by atoms with Gasteiger partial charge in [-0.25, -0.2) is 0 Å². The SMILES string of the molecule is CCCCCC(=O)NCC1(CCBr)CC1. The fourth-order valence-corrected chi connectivity index (χ4v) is 2.64. The van der Waals surface area contributed by atoms with Gasteiger partial charge in [-0.3, -0.25) is 4.79 Å². The zero-order valence-corrected chi connectivity index (χ0v) is 11.2. The lowest BCUT2D eigenvalue weighted by atomic mass is 10.0. The van der Waals surface area contributed by atoms with Crippen LogP contribution >= 0.6 is 15.9 Å². The predicted octanol–water partition coefficient (Wildman–Crippen LogP) is 3.25. The minimum Gasteiger partial charge on any atom is -0.356 e. The molecule has 0 unspecified atom stereocenters. The monoisotopic (exact) mass is 275 g/mol. The molecule has 0 atom stereocenters. The fourth-order valence-electron chi connectivity index (χ4n) is 1.80. The zero-order chi connectivity index (χ0) is 11.1. The molecule has 1 rings (SSSR count). The lowest BCUT2D eigenvalue weighted by molar-refractivity contribution is -0.121. The summed E-state index contributed by atoms with van der Waals surface area (Å²) in [6.07, 6.45) is 7.86. The van der Waals surface area contributed by atoms with Crippen molar-refractivity contribution in [3.05, 3.63) is 0 Å². The molecule has 0 aromatic rings. The molecule has 0 radical (unpaired) electrons. The van der Waals surface area contributed by atoms with Gasteiger partial charge in [-0.05, 0) is 31.1 Å². The van der Waals surface area contributed by atoms with Crippen LogP contribution in [0.25, 0.3) is 0 Å². The largest absolute Gasteiger partial charge is 0.356 e. The first kappa shape index (κ1) is 13.0. The number of nitrogens with one attached hydrogen (secondary N) is 1. The molecule has 1 saturated carbocycles. The Kier molecular flexibility index (Phi) is 5.65. The van der Waals surface area contributed by atoms with E-state index in [0.29, 0.717) is 11.8 Å². The highest BCUT2D eigenvalue weighted by Gasteiger charge is 2.41. The van der Waals surface area contributed by atoms with Gasteiger partial charge < -0.3 is 5.32 Å². The summed E-state index contributed by atoms with van der Waals surface area (Å²) in [5.41, 5.74) is 0.448. The van der Waals surface area contributed by atoms with Crippen molar-refractivity contribution < 1.29 is 4.79 Å². The molecular weight excluding hydrogens is 254 g/mol. The normalized spacial score (nSPS) is 17.5. The van der Waals surface area contributed by atoms with Gasteiger partial charge in [0.25, 0.3) is 0 Å². The molecule has 0 aromatic heterocycles. The Hall–Kier alpha value is -0.0500. The number of halogens is 1. The smallest absolute Gasteiger partial charge is 0.220 e. The van der Waals surface area contributed by atoms with Crippen molar-refractivity contribution in [2.75, 3.05) is 11.9 Å². The van der Waals surface area contributed by atoms with E-state index in [2.05, 4.69) is 28.2 Å². The molecular formula is C12H22BrNO. The molecule has 0 aromatic carbocycles. The van der Waals surface area contributed by atoms with Crippen LogP contribution in [0, 0.1) is 5.41 Å². The van der Waals surface area contributed by atoms with Gasteiger partial charge in [0.1, 0.15) is 0 Å². The number of unbranched alkanes of at least 4 members (excludes halogenated alkanes) is 2. The number of carbonyl (C=O) groups excluding carboxylic acids is 1. The number of alkyl halides is 1. The Morgan fingerprint density at radius 1 is 1.40 bits per heavy atom. The van der Waals surface area contributed by atoms with Gasteiger partial charge in [0.05, 0.1) is 0 Å². The van der Waals surface area contributed by atoms with Gasteiger partial charge in [0.2, 0.25) is 5.91 Å². The van der Waals surface area contributed by atoms with E-state index >= 15 is 0 Å². The highest BCUT2D eigenvalue weighted by Crippen LogP contribution is 2.48.